The molecule has 0 unspecified atom stereocenters. The van der Waals surface area contributed by atoms with Crippen LogP contribution in [0.4, 0.5) is 11.6 Å². The van der Waals surface area contributed by atoms with E-state index in [0.29, 0.717) is 35.1 Å². The zero-order chi connectivity index (χ0) is 33.1. The molecule has 3 aliphatic heterocycles. The Bertz CT molecular complexity index is 1740. The summed E-state index contributed by atoms with van der Waals surface area (Å²) in [6.07, 6.45) is 11.6. The van der Waals surface area contributed by atoms with Crippen molar-refractivity contribution in [3.63, 3.8) is 0 Å². The topological polar surface area (TPSA) is 97.6 Å². The van der Waals surface area contributed by atoms with E-state index in [1.54, 1.807) is 19.5 Å². The lowest BCUT2D eigenvalue weighted by Gasteiger charge is -2.47. The zero-order valence-corrected chi connectivity index (χ0v) is 28.7. The number of hydrogen-bond donors (Lipinski definition) is 1. The van der Waals surface area contributed by atoms with Crippen LogP contribution in [0.5, 0.6) is 5.75 Å². The number of amides is 1. The van der Waals surface area contributed by atoms with Gasteiger partial charge in [-0.05, 0) is 113 Å². The summed E-state index contributed by atoms with van der Waals surface area (Å²) in [5.74, 6) is 1.46. The van der Waals surface area contributed by atoms with Crippen LogP contribution in [0.2, 0.25) is 0 Å². The van der Waals surface area contributed by atoms with Crippen LogP contribution < -0.4 is 15.0 Å². The largest absolute Gasteiger partial charge is 0.493 e. The lowest BCUT2D eigenvalue weighted by Crippen LogP contribution is -2.47. The van der Waals surface area contributed by atoms with Crippen molar-refractivity contribution in [1.29, 1.82) is 0 Å². The molecule has 10 heteroatoms. The van der Waals surface area contributed by atoms with Crippen molar-refractivity contribution >= 4 is 28.6 Å². The number of hydrogen-bond acceptors (Lipinski definition) is 8. The highest BCUT2D eigenvalue weighted by atomic mass is 16.5. The SMILES string of the molecule is COCCCN1CCC2(CC1)CCN(c1ccc3nc4n(c3c1)C[C@H](C)CCCOc1ccncc1-c1cc(cc(C)n1)C(=O)N4)CC2. The number of likely N-dealkylation sites (tertiary alicyclic amines) is 1. The van der Waals surface area contributed by atoms with E-state index in [0.717, 1.165) is 80.1 Å². The minimum absolute atomic E-state index is 0.210. The van der Waals surface area contributed by atoms with Gasteiger partial charge in [0.05, 0.1) is 28.9 Å². The number of carbonyl (C=O) groups excluding carboxylic acids is 1. The molecule has 6 heterocycles. The van der Waals surface area contributed by atoms with Gasteiger partial charge in [-0.3, -0.25) is 20.1 Å². The van der Waals surface area contributed by atoms with E-state index in [9.17, 15) is 4.79 Å². The fourth-order valence-electron chi connectivity index (χ4n) is 7.84. The third-order valence-corrected chi connectivity index (χ3v) is 10.8. The van der Waals surface area contributed by atoms with Crippen molar-refractivity contribution < 1.29 is 14.3 Å². The fraction of sp³-hybridized carbons (Fsp3) is 0.526. The van der Waals surface area contributed by atoms with Gasteiger partial charge in [-0.2, -0.15) is 0 Å². The molecule has 0 saturated carbocycles. The zero-order valence-electron chi connectivity index (χ0n) is 28.7. The lowest BCUT2D eigenvalue weighted by molar-refractivity contribution is 0.0735. The Hall–Kier alpha value is -4.02. The highest BCUT2D eigenvalue weighted by Crippen LogP contribution is 2.42. The van der Waals surface area contributed by atoms with Crippen LogP contribution in [0.3, 0.4) is 0 Å². The van der Waals surface area contributed by atoms with Gasteiger partial charge in [0, 0.05) is 69.2 Å². The molecule has 254 valence electrons. The first-order valence-electron chi connectivity index (χ1n) is 17.7. The Morgan fingerprint density at radius 1 is 1.04 bits per heavy atom. The van der Waals surface area contributed by atoms with E-state index < -0.39 is 0 Å². The van der Waals surface area contributed by atoms with Crippen LogP contribution in [0.1, 0.15) is 67.9 Å². The van der Waals surface area contributed by atoms with Crippen molar-refractivity contribution in [2.75, 3.05) is 63.3 Å². The number of nitrogens with zero attached hydrogens (tertiary/aromatic N) is 6. The molecular weight excluding hydrogens is 602 g/mol. The van der Waals surface area contributed by atoms with Gasteiger partial charge in [0.2, 0.25) is 5.95 Å². The molecule has 2 bridgehead atoms. The van der Waals surface area contributed by atoms with Gasteiger partial charge in [0.15, 0.2) is 0 Å². The highest BCUT2D eigenvalue weighted by Gasteiger charge is 2.37. The van der Waals surface area contributed by atoms with Crippen LogP contribution in [-0.4, -0.2) is 83.4 Å². The van der Waals surface area contributed by atoms with Crippen LogP contribution in [0.25, 0.3) is 22.3 Å². The number of anilines is 2. The van der Waals surface area contributed by atoms with Gasteiger partial charge < -0.3 is 23.8 Å². The quantitative estimate of drug-likeness (QED) is 0.242. The fourth-order valence-corrected chi connectivity index (χ4v) is 7.84. The van der Waals surface area contributed by atoms with Gasteiger partial charge in [-0.1, -0.05) is 6.92 Å². The molecule has 0 radical (unpaired) electrons. The third-order valence-electron chi connectivity index (χ3n) is 10.8. The van der Waals surface area contributed by atoms with E-state index in [2.05, 4.69) is 49.8 Å². The predicted molar refractivity (Wildman–Crippen MR) is 190 cm³/mol. The molecule has 1 aromatic carbocycles. The van der Waals surface area contributed by atoms with Gasteiger partial charge >= 0.3 is 0 Å². The van der Waals surface area contributed by atoms with E-state index in [1.807, 2.05) is 25.1 Å². The maximum atomic E-state index is 13.8. The Morgan fingerprint density at radius 3 is 2.67 bits per heavy atom. The number of imidazole rings is 1. The van der Waals surface area contributed by atoms with Crippen molar-refractivity contribution in [3.8, 4) is 17.0 Å². The first-order valence-corrected chi connectivity index (χ1v) is 17.7. The second-order valence-corrected chi connectivity index (χ2v) is 14.2. The molecule has 1 N–H and O–H groups in total. The van der Waals surface area contributed by atoms with Crippen molar-refractivity contribution in [3.05, 3.63) is 60.0 Å². The second-order valence-electron chi connectivity index (χ2n) is 14.2. The Labute approximate surface area is 283 Å². The summed E-state index contributed by atoms with van der Waals surface area (Å²) in [7, 11) is 1.79. The molecule has 2 saturated heterocycles. The predicted octanol–water partition coefficient (Wildman–Crippen LogP) is 6.58. The van der Waals surface area contributed by atoms with Crippen molar-refractivity contribution in [2.45, 2.75) is 65.3 Å². The lowest BCUT2D eigenvalue weighted by atomic mass is 9.71. The van der Waals surface area contributed by atoms with E-state index in [4.69, 9.17) is 19.4 Å². The van der Waals surface area contributed by atoms with Crippen LogP contribution in [-0.2, 0) is 11.3 Å². The smallest absolute Gasteiger partial charge is 0.258 e. The molecule has 1 amide bonds. The summed E-state index contributed by atoms with van der Waals surface area (Å²) < 4.78 is 13.7. The molecule has 3 aliphatic rings. The standard InChI is InChI=1S/C38H49N7O3/c1-27-6-4-21-48-35-9-14-39-25-31(35)33-23-29(22-28(2)40-33)36(46)42-37-41-32-8-7-30(24-34(32)45(37)26-27)44-18-12-38(13-19-44)10-16-43(17-11-38)15-5-20-47-3/h7-9,14,22-25,27H,4-6,10-13,15-21,26H2,1-3H3,(H,41,42,46)/t27-/m1/s1. The maximum absolute atomic E-state index is 13.8. The summed E-state index contributed by atoms with van der Waals surface area (Å²) in [6.45, 7) is 12.1. The molecule has 0 aliphatic carbocycles. The average molecular weight is 652 g/mol. The molecule has 4 aromatic rings. The molecule has 1 atom stereocenters. The number of pyridine rings is 2. The van der Waals surface area contributed by atoms with Gasteiger partial charge in [-0.15, -0.1) is 0 Å². The second kappa shape index (κ2) is 14.2. The highest BCUT2D eigenvalue weighted by molar-refractivity contribution is 6.05. The number of carbonyl (C=O) groups is 1. The number of aromatic nitrogens is 4. The number of piperidine rings is 2. The molecule has 2 fully saturated rings. The van der Waals surface area contributed by atoms with E-state index in [-0.39, 0.29) is 5.91 Å². The number of methoxy groups -OCH3 is 1. The van der Waals surface area contributed by atoms with Gasteiger partial charge in [0.25, 0.3) is 5.91 Å². The molecule has 1 spiro atoms. The molecule has 3 aromatic heterocycles. The summed E-state index contributed by atoms with van der Waals surface area (Å²) >= 11 is 0. The Kier molecular flexibility index (Phi) is 9.64. The third kappa shape index (κ3) is 7.05. The molecule has 7 rings (SSSR count). The normalized spacial score (nSPS) is 20.4. The monoisotopic (exact) mass is 651 g/mol. The number of aryl methyl sites for hydroxylation is 1. The average Bonchev–Trinajstić information content (AvgIpc) is 3.43. The van der Waals surface area contributed by atoms with Gasteiger partial charge in [-0.25, -0.2) is 4.98 Å². The molecular formula is C38H49N7O3. The Balaban J connectivity index is 1.12. The summed E-state index contributed by atoms with van der Waals surface area (Å²) in [5, 5.41) is 3.17. The van der Waals surface area contributed by atoms with Crippen LogP contribution in [0, 0.1) is 18.3 Å². The number of rotatable bonds is 5. The molecule has 10 nitrogen and oxygen atoms in total. The number of fused-ring (bicyclic) bond motifs is 7. The summed E-state index contributed by atoms with van der Waals surface area (Å²) in [4.78, 5) is 33.0. The molecule has 48 heavy (non-hydrogen) atoms. The van der Waals surface area contributed by atoms with Crippen molar-refractivity contribution in [2.24, 2.45) is 11.3 Å². The maximum Gasteiger partial charge on any atom is 0.258 e. The number of ether oxygens (including phenoxy) is 2. The van der Waals surface area contributed by atoms with E-state index >= 15 is 0 Å². The van der Waals surface area contributed by atoms with Crippen LogP contribution in [0.15, 0.2) is 48.8 Å². The first-order chi connectivity index (χ1) is 23.4. The van der Waals surface area contributed by atoms with Crippen LogP contribution >= 0.6 is 0 Å². The van der Waals surface area contributed by atoms with Gasteiger partial charge in [0.1, 0.15) is 5.75 Å². The minimum atomic E-state index is -0.210. The van der Waals surface area contributed by atoms with Crippen molar-refractivity contribution in [1.82, 2.24) is 24.4 Å². The number of benzene rings is 1. The van der Waals surface area contributed by atoms with E-state index in [1.165, 1.54) is 44.5 Å². The Morgan fingerprint density at radius 2 is 1.85 bits per heavy atom. The summed E-state index contributed by atoms with van der Waals surface area (Å²) in [5.41, 5.74) is 6.39. The minimum Gasteiger partial charge on any atom is -0.493 e. The number of nitrogens with one attached hydrogen (secondary N) is 1. The summed E-state index contributed by atoms with van der Waals surface area (Å²) in [6, 6.07) is 12.1. The first kappa shape index (κ1) is 32.5.